The number of nitrogens with one attached hydrogen (secondary N) is 7. The van der Waals surface area contributed by atoms with Crippen LogP contribution in [-0.2, 0) is 47.9 Å². The Bertz CT molecular complexity index is 1720. The average Bonchev–Trinajstić information content (AvgIpc) is 3.35. The molecule has 25 heteroatoms. The summed E-state index contributed by atoms with van der Waals surface area (Å²) in [6, 6.07) is -10.2. The van der Waals surface area contributed by atoms with Gasteiger partial charge in [-0.15, -0.1) is 0 Å². The molecule has 1 heterocycles. The van der Waals surface area contributed by atoms with E-state index >= 15 is 0 Å². The van der Waals surface area contributed by atoms with Gasteiger partial charge in [0.15, 0.2) is 6.10 Å². The molecule has 1 rings (SSSR count). The lowest BCUT2D eigenvalue weighted by atomic mass is 10.1. The van der Waals surface area contributed by atoms with E-state index in [1.807, 2.05) is 0 Å². The molecule has 1 saturated heterocycles. The Morgan fingerprint density at radius 1 is 0.667 bits per heavy atom. The number of carboxylic acid groups (broad SMARTS) is 1. The number of rotatable bonds is 33. The molecule has 0 spiro atoms. The van der Waals surface area contributed by atoms with Gasteiger partial charge in [0.1, 0.15) is 36.3 Å². The van der Waals surface area contributed by atoms with E-state index < -0.39 is 115 Å². The van der Waals surface area contributed by atoms with Gasteiger partial charge in [0, 0.05) is 39.9 Å². The molecule has 0 radical (unpaired) electrons. The third-order valence-electron chi connectivity index (χ3n) is 11.0. The van der Waals surface area contributed by atoms with Crippen LogP contribution in [0.3, 0.4) is 0 Å². The first kappa shape index (κ1) is 61.3. The minimum atomic E-state index is -2.04. The highest BCUT2D eigenvalue weighted by Gasteiger charge is 2.38. The third-order valence-corrected chi connectivity index (χ3v) is 11.0. The molecule has 13 N–H and O–H groups in total. The number of carbonyl (C=O) groups excluding carboxylic acids is 9. The third kappa shape index (κ3) is 24.9. The van der Waals surface area contributed by atoms with E-state index in [1.165, 1.54) is 32.1 Å². The van der Waals surface area contributed by atoms with Gasteiger partial charge >= 0.3 is 5.97 Å². The van der Waals surface area contributed by atoms with Crippen LogP contribution in [0.5, 0.6) is 0 Å². The molecule has 3 unspecified atom stereocenters. The van der Waals surface area contributed by atoms with Gasteiger partial charge in [-0.25, -0.2) is 14.9 Å². The Kier molecular flexibility index (Phi) is 30.6. The summed E-state index contributed by atoms with van der Waals surface area (Å²) < 4.78 is 0. The van der Waals surface area contributed by atoms with Crippen LogP contribution in [0.4, 0.5) is 0 Å². The molecule has 25 nitrogen and oxygen atoms in total. The number of unbranched alkanes of at least 4 members (excludes halogenated alkanes) is 9. The Morgan fingerprint density at radius 2 is 1.14 bits per heavy atom. The van der Waals surface area contributed by atoms with Gasteiger partial charge < -0.3 is 57.6 Å². The number of allylic oxidation sites excluding steroid dienone is 2. The smallest absolute Gasteiger partial charge is 0.326 e. The predicted molar refractivity (Wildman–Crippen MR) is 244 cm³/mol. The second kappa shape index (κ2) is 34.5. The Hall–Kier alpha value is -5.76. The van der Waals surface area contributed by atoms with Crippen molar-refractivity contribution in [2.45, 2.75) is 172 Å². The van der Waals surface area contributed by atoms with Crippen LogP contribution in [0, 0.1) is 0 Å². The first-order valence-electron chi connectivity index (χ1n) is 23.6. The average molecular weight is 986 g/mol. The van der Waals surface area contributed by atoms with E-state index in [9.17, 15) is 78.8 Å². The number of aliphatic hydroxyl groups is 3. The van der Waals surface area contributed by atoms with Crippen molar-refractivity contribution in [3.8, 4) is 0 Å². The van der Waals surface area contributed by atoms with Gasteiger partial charge in [0.25, 0.3) is 5.91 Å². The number of hydroxylamine groups is 4. The Labute approximate surface area is 401 Å². The van der Waals surface area contributed by atoms with Crippen LogP contribution >= 0.6 is 0 Å². The van der Waals surface area contributed by atoms with E-state index in [2.05, 4.69) is 56.3 Å². The van der Waals surface area contributed by atoms with E-state index in [1.54, 1.807) is 0 Å². The van der Waals surface area contributed by atoms with Crippen molar-refractivity contribution >= 4 is 59.1 Å². The molecular weight excluding hydrogens is 911 g/mol. The zero-order valence-electron chi connectivity index (χ0n) is 39.9. The van der Waals surface area contributed by atoms with Crippen molar-refractivity contribution in [2.75, 3.05) is 32.8 Å². The molecule has 1 aliphatic heterocycles. The van der Waals surface area contributed by atoms with Gasteiger partial charge in [-0.3, -0.25) is 53.6 Å². The highest BCUT2D eigenvalue weighted by molar-refractivity contribution is 5.99. The Balaban J connectivity index is 3.00. The van der Waals surface area contributed by atoms with Gasteiger partial charge in [-0.1, -0.05) is 57.6 Å². The number of carboxylic acids is 1. The minimum absolute atomic E-state index is 0.0148. The molecule has 0 bridgehead atoms. The summed E-state index contributed by atoms with van der Waals surface area (Å²) in [5, 5.41) is 76.4. The molecule has 7 atom stereocenters. The van der Waals surface area contributed by atoms with Crippen LogP contribution < -0.4 is 37.2 Å². The summed E-state index contributed by atoms with van der Waals surface area (Å²) >= 11 is 0. The van der Waals surface area contributed by atoms with Crippen molar-refractivity contribution < 1.29 is 78.8 Å². The SMILES string of the molecule is CCCCCCCC/C=C\CCCCCC(=O)NC1C(=O)NC(C(=O)N[C@H](CO)C(=O)N[C@H](CCCN(O)C(C)=O)C(=O)N[C@@H](CO)C(=O)N[C@@H](CCCN(O)C(C)=O)C(=O)O)CCNC(=O)C1O. The summed E-state index contributed by atoms with van der Waals surface area (Å²) in [6.07, 6.45) is 12.2. The van der Waals surface area contributed by atoms with Crippen molar-refractivity contribution in [2.24, 2.45) is 0 Å². The highest BCUT2D eigenvalue weighted by atomic mass is 16.5. The fourth-order valence-corrected chi connectivity index (χ4v) is 6.87. The number of nitrogens with zero attached hydrogens (tertiary/aromatic N) is 2. The molecule has 0 saturated carbocycles. The normalized spacial score (nSPS) is 17.8. The first-order valence-corrected chi connectivity index (χ1v) is 23.6. The van der Waals surface area contributed by atoms with E-state index in [0.29, 0.717) is 23.0 Å². The monoisotopic (exact) mass is 986 g/mol. The second-order valence-corrected chi connectivity index (χ2v) is 16.8. The maximum atomic E-state index is 13.5. The lowest BCUT2D eigenvalue weighted by Gasteiger charge is -2.26. The molecule has 0 aliphatic carbocycles. The molecule has 0 aromatic heterocycles. The predicted octanol–water partition coefficient (Wildman–Crippen LogP) is -1.86. The van der Waals surface area contributed by atoms with Crippen molar-refractivity contribution in [1.29, 1.82) is 0 Å². The lowest BCUT2D eigenvalue weighted by Crippen LogP contribution is -2.61. The largest absolute Gasteiger partial charge is 0.480 e. The zero-order valence-corrected chi connectivity index (χ0v) is 39.9. The van der Waals surface area contributed by atoms with Gasteiger partial charge in [-0.05, 0) is 64.2 Å². The van der Waals surface area contributed by atoms with Gasteiger partial charge in [0.05, 0.1) is 13.2 Å². The maximum Gasteiger partial charge on any atom is 0.326 e. The van der Waals surface area contributed by atoms with Crippen LogP contribution in [0.25, 0.3) is 0 Å². The molecule has 392 valence electrons. The van der Waals surface area contributed by atoms with Crippen LogP contribution in [0.1, 0.15) is 130 Å². The molecule has 1 fully saturated rings. The van der Waals surface area contributed by atoms with Crippen LogP contribution in [0.15, 0.2) is 12.2 Å². The topological polar surface area (TPSA) is 383 Å². The number of carbonyl (C=O) groups is 10. The number of hydrogen-bond acceptors (Lipinski definition) is 15. The minimum Gasteiger partial charge on any atom is -0.480 e. The number of aliphatic hydroxyl groups excluding tert-OH is 3. The van der Waals surface area contributed by atoms with Crippen molar-refractivity contribution in [3.63, 3.8) is 0 Å². The first-order chi connectivity index (χ1) is 32.8. The maximum absolute atomic E-state index is 13.5. The molecule has 0 aromatic rings. The summed E-state index contributed by atoms with van der Waals surface area (Å²) in [7, 11) is 0. The molecule has 0 aromatic carbocycles. The summed E-state index contributed by atoms with van der Waals surface area (Å²) in [5.41, 5.74) is 0. The summed E-state index contributed by atoms with van der Waals surface area (Å²) in [5.74, 6) is -10.3. The second-order valence-electron chi connectivity index (χ2n) is 16.8. The van der Waals surface area contributed by atoms with Crippen LogP contribution in [-0.4, -0.2) is 175 Å². The zero-order chi connectivity index (χ0) is 51.9. The lowest BCUT2D eigenvalue weighted by molar-refractivity contribution is -0.163. The molecule has 1 aliphatic rings. The van der Waals surface area contributed by atoms with Gasteiger partial charge in [0.2, 0.25) is 47.3 Å². The van der Waals surface area contributed by atoms with E-state index in [4.69, 9.17) is 0 Å². The quantitative estimate of drug-likeness (QED) is 0.0148. The number of amides is 9. The fraction of sp³-hybridized carbons (Fsp3) is 0.727. The number of aliphatic carboxylic acids is 1. The molecular formula is C44H75N9O16. The molecule has 9 amide bonds. The Morgan fingerprint density at radius 3 is 1.68 bits per heavy atom. The van der Waals surface area contributed by atoms with Crippen molar-refractivity contribution in [1.82, 2.24) is 47.3 Å². The van der Waals surface area contributed by atoms with E-state index in [-0.39, 0.29) is 58.2 Å². The number of hydrogen-bond donors (Lipinski definition) is 13. The molecule has 69 heavy (non-hydrogen) atoms. The summed E-state index contributed by atoms with van der Waals surface area (Å²) in [6.45, 7) is 1.26. The van der Waals surface area contributed by atoms with Gasteiger partial charge in [-0.2, -0.15) is 0 Å². The fourth-order valence-electron chi connectivity index (χ4n) is 6.87. The van der Waals surface area contributed by atoms with Crippen LogP contribution in [0.2, 0.25) is 0 Å². The summed E-state index contributed by atoms with van der Waals surface area (Å²) in [4.78, 5) is 127. The highest BCUT2D eigenvalue weighted by Crippen LogP contribution is 2.11. The standard InChI is InChI=1S/C44H75N9O16/c1-4-5-6-7-8-9-10-11-12-13-14-15-16-21-35(58)51-36-37(59)43(65)45-23-22-31(47-42(36)64)39(61)50-33(26-54)40(62)46-30(19-17-24-52(68)28(2)56)38(60)49-34(27-55)41(63)48-32(44(66)67)20-18-25-53(69)29(3)57/h11-12,30-34,36-37,54-55,59,68-69H,4-10,13-27H2,1-3H3,(H,45,65)(H,46,62)(H,47,64)(H,48,63)(H,49,60)(H,50,61)(H,51,58)(H,66,67)/b12-11-/t30-,31?,32+,33-,34+,36?,37?/m1/s1. The van der Waals surface area contributed by atoms with Crippen molar-refractivity contribution in [3.05, 3.63) is 12.2 Å². The van der Waals surface area contributed by atoms with E-state index in [0.717, 1.165) is 39.5 Å².